The van der Waals surface area contributed by atoms with Crippen molar-refractivity contribution in [3.8, 4) is 17.4 Å². The molecule has 3 aliphatic rings. The van der Waals surface area contributed by atoms with Crippen LogP contribution in [0.15, 0.2) is 30.5 Å². The number of imidazole rings is 1. The number of fused-ring (bicyclic) bond motifs is 2. The summed E-state index contributed by atoms with van der Waals surface area (Å²) in [7, 11) is 3.32. The first-order chi connectivity index (χ1) is 17.6. The van der Waals surface area contributed by atoms with Crippen molar-refractivity contribution in [2.45, 2.75) is 38.9 Å². The molecule has 9 nitrogen and oxygen atoms in total. The first kappa shape index (κ1) is 21.8. The van der Waals surface area contributed by atoms with Gasteiger partial charge in [0.2, 0.25) is 5.88 Å². The third-order valence-electron chi connectivity index (χ3n) is 8.60. The molecule has 2 saturated carbocycles. The predicted octanol–water partition coefficient (Wildman–Crippen LogP) is 3.60. The van der Waals surface area contributed by atoms with Crippen LogP contribution in [0.4, 0.5) is 0 Å². The maximum atomic E-state index is 13.5. The van der Waals surface area contributed by atoms with Crippen molar-refractivity contribution in [2.75, 3.05) is 27.4 Å². The first-order valence-corrected chi connectivity index (χ1v) is 12.8. The van der Waals surface area contributed by atoms with Gasteiger partial charge in [-0.2, -0.15) is 4.98 Å². The van der Waals surface area contributed by atoms with Crippen LogP contribution in [0.5, 0.6) is 5.88 Å². The highest BCUT2D eigenvalue weighted by Crippen LogP contribution is 2.60. The Hall–Kier alpha value is -3.46. The number of ether oxygens (including phenoxy) is 2. The molecule has 1 amide bonds. The summed E-state index contributed by atoms with van der Waals surface area (Å²) in [4.78, 5) is 30.0. The second-order valence-electron chi connectivity index (χ2n) is 10.3. The Bertz CT molecular complexity index is 1510. The van der Waals surface area contributed by atoms with Crippen LogP contribution in [-0.4, -0.2) is 68.3 Å². The molecular formula is C27H30N6O3. The number of aromatic nitrogens is 5. The van der Waals surface area contributed by atoms with E-state index in [4.69, 9.17) is 19.4 Å². The second kappa shape index (κ2) is 8.03. The Morgan fingerprint density at radius 3 is 2.72 bits per heavy atom. The minimum atomic E-state index is 0.0919. The molecule has 5 heterocycles. The zero-order valence-electron chi connectivity index (χ0n) is 20.8. The summed E-state index contributed by atoms with van der Waals surface area (Å²) >= 11 is 0. The van der Waals surface area contributed by atoms with Crippen molar-refractivity contribution >= 4 is 28.1 Å². The number of rotatable bonds is 7. The van der Waals surface area contributed by atoms with E-state index in [9.17, 15) is 4.79 Å². The summed E-state index contributed by atoms with van der Waals surface area (Å²) < 4.78 is 15.0. The minimum Gasteiger partial charge on any atom is -0.481 e. The van der Waals surface area contributed by atoms with Crippen LogP contribution in [0.1, 0.15) is 30.1 Å². The fraction of sp³-hybridized carbons (Fsp3) is 0.481. The standard InChI is InChI=1S/C27H30N6O3/c1-4-31-21(11-15-5-6-22(36-3)30-24(15)31)26-29-19-10-17(13-28-25(19)32(26)7-8-35-2)27(34)33-14-18-9-16-12-20(33)23(16)18/h5-6,10-11,13,16,18,20,23H,4,7-9,12,14H2,1-3H3/t16?,18-,20-,23-/m1/s1. The molecule has 0 bridgehead atoms. The number of carbonyl (C=O) groups excluding carboxylic acids is 1. The molecule has 4 aromatic rings. The van der Waals surface area contributed by atoms with E-state index < -0.39 is 0 Å². The average Bonchev–Trinajstić information content (AvgIpc) is 3.43. The van der Waals surface area contributed by atoms with E-state index in [1.54, 1.807) is 20.4 Å². The summed E-state index contributed by atoms with van der Waals surface area (Å²) in [6.07, 6.45) is 4.18. The van der Waals surface area contributed by atoms with Gasteiger partial charge in [0, 0.05) is 50.4 Å². The van der Waals surface area contributed by atoms with E-state index in [1.165, 1.54) is 12.8 Å². The number of hydrogen-bond donors (Lipinski definition) is 0. The van der Waals surface area contributed by atoms with Gasteiger partial charge in [-0.3, -0.25) is 4.79 Å². The lowest BCUT2D eigenvalue weighted by atomic mass is 9.53. The summed E-state index contributed by atoms with van der Waals surface area (Å²) in [6, 6.07) is 8.33. The highest BCUT2D eigenvalue weighted by Gasteiger charge is 2.61. The van der Waals surface area contributed by atoms with Crippen molar-refractivity contribution in [2.24, 2.45) is 17.8 Å². The highest BCUT2D eigenvalue weighted by molar-refractivity contribution is 5.97. The molecule has 1 saturated heterocycles. The first-order valence-electron chi connectivity index (χ1n) is 12.8. The van der Waals surface area contributed by atoms with Gasteiger partial charge in [0.1, 0.15) is 11.2 Å². The van der Waals surface area contributed by atoms with Crippen LogP contribution in [0.25, 0.3) is 33.7 Å². The second-order valence-corrected chi connectivity index (χ2v) is 10.3. The Balaban J connectivity index is 1.32. The summed E-state index contributed by atoms with van der Waals surface area (Å²) in [6.45, 7) is 4.84. The Morgan fingerprint density at radius 1 is 1.08 bits per heavy atom. The Labute approximate surface area is 209 Å². The van der Waals surface area contributed by atoms with E-state index in [0.29, 0.717) is 36.6 Å². The smallest absolute Gasteiger partial charge is 0.255 e. The molecule has 3 fully saturated rings. The van der Waals surface area contributed by atoms with Crippen molar-refractivity contribution < 1.29 is 14.3 Å². The van der Waals surface area contributed by atoms with E-state index in [-0.39, 0.29) is 5.91 Å². The number of methoxy groups -OCH3 is 2. The number of likely N-dealkylation sites (tertiary alicyclic amines) is 1. The van der Waals surface area contributed by atoms with Gasteiger partial charge in [-0.15, -0.1) is 0 Å². The molecule has 0 N–H and O–H groups in total. The number of pyridine rings is 2. The number of carbonyl (C=O) groups is 1. The normalized spacial score (nSPS) is 24.1. The van der Waals surface area contributed by atoms with Crippen LogP contribution in [-0.2, 0) is 17.8 Å². The van der Waals surface area contributed by atoms with Gasteiger partial charge in [-0.25, -0.2) is 9.97 Å². The predicted molar refractivity (Wildman–Crippen MR) is 135 cm³/mol. The molecule has 1 aliphatic heterocycles. The number of amides is 1. The van der Waals surface area contributed by atoms with Gasteiger partial charge in [0.25, 0.3) is 5.91 Å². The third-order valence-corrected chi connectivity index (χ3v) is 8.60. The molecule has 2 aliphatic carbocycles. The zero-order valence-corrected chi connectivity index (χ0v) is 20.8. The summed E-state index contributed by atoms with van der Waals surface area (Å²) in [5.74, 6) is 3.77. The molecule has 9 heteroatoms. The molecule has 0 aromatic carbocycles. The van der Waals surface area contributed by atoms with Gasteiger partial charge < -0.3 is 23.5 Å². The Morgan fingerprint density at radius 2 is 1.97 bits per heavy atom. The maximum absolute atomic E-state index is 13.5. The van der Waals surface area contributed by atoms with Crippen LogP contribution in [0.3, 0.4) is 0 Å². The quantitative estimate of drug-likeness (QED) is 0.397. The maximum Gasteiger partial charge on any atom is 0.255 e. The van der Waals surface area contributed by atoms with Crippen LogP contribution in [0.2, 0.25) is 0 Å². The molecule has 36 heavy (non-hydrogen) atoms. The highest BCUT2D eigenvalue weighted by atomic mass is 16.5. The van der Waals surface area contributed by atoms with E-state index in [2.05, 4.69) is 32.0 Å². The molecule has 0 radical (unpaired) electrons. The molecule has 4 aromatic heterocycles. The number of nitrogens with zero attached hydrogens (tertiary/aromatic N) is 6. The molecule has 186 valence electrons. The number of aryl methyl sites for hydroxylation is 1. The van der Waals surface area contributed by atoms with Gasteiger partial charge in [-0.05, 0) is 55.7 Å². The summed E-state index contributed by atoms with van der Waals surface area (Å²) in [5.41, 5.74) is 3.90. The largest absolute Gasteiger partial charge is 0.481 e. The molecular weight excluding hydrogens is 456 g/mol. The van der Waals surface area contributed by atoms with E-state index in [1.807, 2.05) is 18.2 Å². The van der Waals surface area contributed by atoms with E-state index >= 15 is 0 Å². The van der Waals surface area contributed by atoms with Crippen molar-refractivity contribution in [3.05, 3.63) is 36.0 Å². The lowest BCUT2D eigenvalue weighted by Gasteiger charge is -2.52. The Kier molecular flexibility index (Phi) is 4.86. The zero-order chi connectivity index (χ0) is 24.6. The van der Waals surface area contributed by atoms with Gasteiger partial charge in [0.05, 0.1) is 25.0 Å². The number of hydrogen-bond acceptors (Lipinski definition) is 6. The molecule has 7 rings (SSSR count). The fourth-order valence-corrected chi connectivity index (χ4v) is 6.81. The topological polar surface area (TPSA) is 87.3 Å². The van der Waals surface area contributed by atoms with Crippen molar-refractivity contribution in [3.63, 3.8) is 0 Å². The molecule has 0 spiro atoms. The van der Waals surface area contributed by atoms with Crippen LogP contribution < -0.4 is 4.74 Å². The fourth-order valence-electron chi connectivity index (χ4n) is 6.81. The monoisotopic (exact) mass is 486 g/mol. The van der Waals surface area contributed by atoms with Crippen LogP contribution >= 0.6 is 0 Å². The SMILES string of the molecule is CCn1c(-c2nc3cc(C(=O)N4C[C@H]5CC6C[C@@H]4[C@H]65)cnc3n2CCOC)cc2ccc(OC)nc21. The average molecular weight is 487 g/mol. The third kappa shape index (κ3) is 2.98. The minimum absolute atomic E-state index is 0.0919. The van der Waals surface area contributed by atoms with E-state index in [0.717, 1.165) is 58.6 Å². The van der Waals surface area contributed by atoms with Gasteiger partial charge in [0.15, 0.2) is 11.5 Å². The molecule has 1 unspecified atom stereocenters. The lowest BCUT2D eigenvalue weighted by molar-refractivity contribution is -0.0204. The lowest BCUT2D eigenvalue weighted by Crippen LogP contribution is -2.53. The van der Waals surface area contributed by atoms with Crippen LogP contribution in [0, 0.1) is 17.8 Å². The van der Waals surface area contributed by atoms with Gasteiger partial charge in [-0.1, -0.05) is 0 Å². The van der Waals surface area contributed by atoms with Crippen molar-refractivity contribution in [1.82, 2.24) is 29.0 Å². The molecule has 4 atom stereocenters. The van der Waals surface area contributed by atoms with Crippen molar-refractivity contribution in [1.29, 1.82) is 0 Å². The summed E-state index contributed by atoms with van der Waals surface area (Å²) in [5, 5.41) is 1.02. The van der Waals surface area contributed by atoms with Gasteiger partial charge >= 0.3 is 0 Å².